The third-order valence-corrected chi connectivity index (χ3v) is 6.88. The van der Waals surface area contributed by atoms with Gasteiger partial charge in [-0.1, -0.05) is 32.9 Å². The molecule has 2 rings (SSSR count). The minimum Gasteiger partial charge on any atom is -0.508 e. The molecule has 0 aliphatic rings. The van der Waals surface area contributed by atoms with Gasteiger partial charge in [0.15, 0.2) is 0 Å². The van der Waals surface area contributed by atoms with E-state index in [2.05, 4.69) is 0 Å². The number of benzene rings is 2. The van der Waals surface area contributed by atoms with Crippen LogP contribution in [0.2, 0.25) is 0 Å². The number of hydrogen-bond donors (Lipinski definition) is 6. The largest absolute Gasteiger partial charge is 2.00 e. The first-order valence-electron chi connectivity index (χ1n) is 12.9. The summed E-state index contributed by atoms with van der Waals surface area (Å²) in [6.07, 6.45) is 1.93. The normalized spacial score (nSPS) is 12.0. The van der Waals surface area contributed by atoms with E-state index < -0.39 is 24.6 Å². The summed E-state index contributed by atoms with van der Waals surface area (Å²) in [4.78, 5) is 26.8. The number of aryl methyl sites for hydroxylation is 2. The summed E-state index contributed by atoms with van der Waals surface area (Å²) in [7, 11) is 0. The van der Waals surface area contributed by atoms with Gasteiger partial charge in [-0.15, -0.1) is 0 Å². The van der Waals surface area contributed by atoms with E-state index in [-0.39, 0.29) is 67.9 Å². The molecule has 0 bridgehead atoms. The van der Waals surface area contributed by atoms with Crippen LogP contribution < -0.4 is 0 Å². The van der Waals surface area contributed by atoms with Crippen LogP contribution in [0.5, 0.6) is 11.5 Å². The Balaban J connectivity index is 0.00000760. The maximum absolute atomic E-state index is 12.0. The maximum atomic E-state index is 12.0. The van der Waals surface area contributed by atoms with Gasteiger partial charge in [0.2, 0.25) is 0 Å². The van der Waals surface area contributed by atoms with Gasteiger partial charge in [0.25, 0.3) is 0 Å². The third kappa shape index (κ3) is 9.20. The Bertz CT molecular complexity index is 1110. The molecule has 1 unspecified atom stereocenters. The molecule has 11 heteroatoms. The van der Waals surface area contributed by atoms with E-state index in [1.807, 2.05) is 26.8 Å². The summed E-state index contributed by atoms with van der Waals surface area (Å²) < 4.78 is 0. The number of aliphatic hydroxyl groups excluding tert-OH is 2. The summed E-state index contributed by atoms with van der Waals surface area (Å²) in [6, 6.07) is 5.38. The predicted molar refractivity (Wildman–Crippen MR) is 142 cm³/mol. The van der Waals surface area contributed by atoms with Crippen LogP contribution in [0.1, 0.15) is 54.2 Å². The van der Waals surface area contributed by atoms with E-state index in [0.717, 1.165) is 23.1 Å². The number of carbonyl (C=O) groups is 2. The zero-order chi connectivity index (χ0) is 28.4. The van der Waals surface area contributed by atoms with Crippen LogP contribution in [0, 0.1) is 0 Å². The molecule has 0 aliphatic heterocycles. The summed E-state index contributed by atoms with van der Waals surface area (Å²) >= 11 is 0. The fourth-order valence-electron chi connectivity index (χ4n) is 4.84. The van der Waals surface area contributed by atoms with Gasteiger partial charge in [0, 0.05) is 37.3 Å². The molecule has 2 aromatic carbocycles. The second-order valence-electron chi connectivity index (χ2n) is 9.28. The molecule has 0 aliphatic carbocycles. The monoisotopic (exact) mass is 588 g/mol. The standard InChI is InChI=1S/C28H40N2O8.Fe/c1-4-19-7-8-25(33)23(21(19)6-3)14-30(24(17-32)28(37)38)10-9-29(15-27(35)36)13-22-20(5-2)11-18(16-31)12-26(22)34;/h7-8,11-12,24,31-34H,4-6,9-10,13-17H2,1-3H3,(H,35,36)(H,37,38);/q;+2. The molecule has 0 amide bonds. The van der Waals surface area contributed by atoms with E-state index >= 15 is 0 Å². The molecule has 0 spiro atoms. The first-order valence-corrected chi connectivity index (χ1v) is 12.9. The molecule has 216 valence electrons. The smallest absolute Gasteiger partial charge is 0.508 e. The molecular weight excluding hydrogens is 548 g/mol. The fourth-order valence-corrected chi connectivity index (χ4v) is 4.84. The summed E-state index contributed by atoms with van der Waals surface area (Å²) in [5.41, 5.74) is 4.40. The van der Waals surface area contributed by atoms with Gasteiger partial charge in [0.1, 0.15) is 17.5 Å². The topological polar surface area (TPSA) is 162 Å². The van der Waals surface area contributed by atoms with Crippen LogP contribution >= 0.6 is 0 Å². The van der Waals surface area contributed by atoms with E-state index in [9.17, 15) is 40.2 Å². The number of carboxylic acids is 2. The van der Waals surface area contributed by atoms with Gasteiger partial charge in [-0.3, -0.25) is 19.4 Å². The molecule has 1 atom stereocenters. The van der Waals surface area contributed by atoms with E-state index in [4.69, 9.17) is 0 Å². The number of hydrogen-bond acceptors (Lipinski definition) is 8. The van der Waals surface area contributed by atoms with Crippen molar-refractivity contribution in [2.24, 2.45) is 0 Å². The van der Waals surface area contributed by atoms with Crippen LogP contribution in [-0.4, -0.2) is 84.7 Å². The Morgan fingerprint density at radius 2 is 1.49 bits per heavy atom. The number of carboxylic acid groups (broad SMARTS) is 2. The van der Waals surface area contributed by atoms with Gasteiger partial charge in [0.05, 0.1) is 19.8 Å². The van der Waals surface area contributed by atoms with Gasteiger partial charge in [-0.2, -0.15) is 0 Å². The van der Waals surface area contributed by atoms with Crippen molar-refractivity contribution in [1.82, 2.24) is 9.80 Å². The van der Waals surface area contributed by atoms with Crippen molar-refractivity contribution in [2.45, 2.75) is 65.8 Å². The summed E-state index contributed by atoms with van der Waals surface area (Å²) in [5.74, 6) is -2.32. The number of nitrogens with zero attached hydrogens (tertiary/aromatic N) is 2. The number of aliphatic hydroxyl groups is 2. The minimum atomic E-state index is -1.26. The zero-order valence-corrected chi connectivity index (χ0v) is 23.8. The molecule has 39 heavy (non-hydrogen) atoms. The molecule has 2 aromatic rings. The Labute approximate surface area is 240 Å². The van der Waals surface area contributed by atoms with Gasteiger partial charge in [-0.25, -0.2) is 0 Å². The van der Waals surface area contributed by atoms with Crippen molar-refractivity contribution in [3.05, 3.63) is 57.6 Å². The van der Waals surface area contributed by atoms with E-state index in [1.165, 1.54) is 11.0 Å². The molecule has 10 nitrogen and oxygen atoms in total. The number of phenols is 2. The SMILES string of the molecule is CCc1cc(CO)cc(O)c1CN(CCN(Cc1c(O)ccc(CC)c1CC)C(CO)C(=O)O)CC(=O)O.[Fe+2]. The molecular formula is C28H40FeN2O8+2. The van der Waals surface area contributed by atoms with Crippen molar-refractivity contribution in [1.29, 1.82) is 0 Å². The Kier molecular flexibility index (Phi) is 14.5. The van der Waals surface area contributed by atoms with Crippen molar-refractivity contribution in [3.8, 4) is 11.5 Å². The third-order valence-electron chi connectivity index (χ3n) is 6.88. The molecule has 6 N–H and O–H groups in total. The van der Waals surface area contributed by atoms with Crippen molar-refractivity contribution < 1.29 is 57.3 Å². The van der Waals surface area contributed by atoms with E-state index in [0.29, 0.717) is 29.5 Å². The van der Waals surface area contributed by atoms with Crippen LogP contribution in [0.15, 0.2) is 24.3 Å². The number of rotatable bonds is 16. The van der Waals surface area contributed by atoms with Crippen molar-refractivity contribution in [2.75, 3.05) is 26.2 Å². The molecule has 0 aromatic heterocycles. The number of aliphatic carboxylic acids is 2. The first kappa shape index (κ1) is 34.4. The van der Waals surface area contributed by atoms with Crippen molar-refractivity contribution in [3.63, 3.8) is 0 Å². The molecule has 0 saturated carbocycles. The van der Waals surface area contributed by atoms with Gasteiger partial charge >= 0.3 is 29.0 Å². The summed E-state index contributed by atoms with van der Waals surface area (Å²) in [6.45, 7) is 4.94. The van der Waals surface area contributed by atoms with Gasteiger partial charge in [-0.05, 0) is 53.6 Å². The fraction of sp³-hybridized carbons (Fsp3) is 0.500. The maximum Gasteiger partial charge on any atom is 2.00 e. The quantitative estimate of drug-likeness (QED) is 0.160. The second-order valence-corrected chi connectivity index (χ2v) is 9.28. The van der Waals surface area contributed by atoms with Crippen LogP contribution in [0.3, 0.4) is 0 Å². The molecule has 0 heterocycles. The Morgan fingerprint density at radius 3 is 2.00 bits per heavy atom. The van der Waals surface area contributed by atoms with Gasteiger partial charge < -0.3 is 30.6 Å². The van der Waals surface area contributed by atoms with E-state index in [1.54, 1.807) is 17.0 Å². The Morgan fingerprint density at radius 1 is 0.821 bits per heavy atom. The van der Waals surface area contributed by atoms with Crippen molar-refractivity contribution >= 4 is 11.9 Å². The van der Waals surface area contributed by atoms with Crippen LogP contribution in [0.25, 0.3) is 0 Å². The number of phenolic OH excluding ortho intramolecular Hbond substituents is 2. The molecule has 0 saturated heterocycles. The van der Waals surface area contributed by atoms with Crippen LogP contribution in [-0.2, 0) is 65.6 Å². The zero-order valence-electron chi connectivity index (χ0n) is 22.7. The predicted octanol–water partition coefficient (Wildman–Crippen LogP) is 2.11. The average Bonchev–Trinajstić information content (AvgIpc) is 2.88. The van der Waals surface area contributed by atoms with Crippen LogP contribution in [0.4, 0.5) is 0 Å². The first-order chi connectivity index (χ1) is 18.1. The second kappa shape index (κ2) is 16.4. The average molecular weight is 588 g/mol. The minimum absolute atomic E-state index is 0. The number of aromatic hydroxyl groups is 2. The summed E-state index contributed by atoms with van der Waals surface area (Å²) in [5, 5.41) is 59.9. The Hall–Kier alpha value is -2.66. The molecule has 0 radical (unpaired) electrons. The molecule has 0 fully saturated rings.